The van der Waals surface area contributed by atoms with Crippen LogP contribution in [0.1, 0.15) is 23.3 Å². The van der Waals surface area contributed by atoms with Gasteiger partial charge in [-0.25, -0.2) is 9.97 Å². The molecule has 0 atom stereocenters. The van der Waals surface area contributed by atoms with E-state index in [9.17, 15) is 4.79 Å². The number of hydrogen-bond acceptors (Lipinski definition) is 6. The third-order valence-electron chi connectivity index (χ3n) is 4.49. The van der Waals surface area contributed by atoms with Gasteiger partial charge >= 0.3 is 0 Å². The number of piperidine rings is 1. The van der Waals surface area contributed by atoms with E-state index in [1.165, 1.54) is 0 Å². The Bertz CT molecular complexity index is 893. The molecule has 0 bridgehead atoms. The van der Waals surface area contributed by atoms with Crippen molar-refractivity contribution in [1.82, 2.24) is 30.0 Å². The van der Waals surface area contributed by atoms with Crippen LogP contribution in [0, 0.1) is 0 Å². The fraction of sp³-hybridized carbons (Fsp3) is 0.353. The van der Waals surface area contributed by atoms with Crippen molar-refractivity contribution in [3.8, 4) is 0 Å². The molecule has 4 rings (SSSR count). The normalized spacial score (nSPS) is 15.5. The standard InChI is InChI=1S/C17H19N7O/c1-23-7-5-14(22-23)17(25)21-12-3-8-24(9-4-12)16-13-2-6-18-10-15(13)19-11-20-16/h2,5-7,10-12H,3-4,8-9H2,1H3,(H,21,25). The smallest absolute Gasteiger partial charge is 0.271 e. The molecule has 1 amide bonds. The fourth-order valence-corrected chi connectivity index (χ4v) is 3.18. The molecular weight excluding hydrogens is 318 g/mol. The van der Waals surface area contributed by atoms with Gasteiger partial charge < -0.3 is 10.2 Å². The van der Waals surface area contributed by atoms with Crippen LogP contribution in [-0.4, -0.2) is 49.8 Å². The summed E-state index contributed by atoms with van der Waals surface area (Å²) in [6.07, 6.45) is 8.60. The van der Waals surface area contributed by atoms with Crippen molar-refractivity contribution >= 4 is 22.6 Å². The van der Waals surface area contributed by atoms with Gasteiger partial charge in [-0.1, -0.05) is 0 Å². The highest BCUT2D eigenvalue weighted by molar-refractivity contribution is 5.92. The molecule has 0 saturated carbocycles. The zero-order chi connectivity index (χ0) is 17.2. The number of amides is 1. The van der Waals surface area contributed by atoms with E-state index in [1.807, 2.05) is 6.07 Å². The van der Waals surface area contributed by atoms with Crippen molar-refractivity contribution in [3.05, 3.63) is 42.7 Å². The molecule has 3 aromatic rings. The van der Waals surface area contributed by atoms with E-state index >= 15 is 0 Å². The van der Waals surface area contributed by atoms with Crippen LogP contribution < -0.4 is 10.2 Å². The van der Waals surface area contributed by atoms with E-state index in [2.05, 4.69) is 30.3 Å². The van der Waals surface area contributed by atoms with Crippen molar-refractivity contribution < 1.29 is 4.79 Å². The van der Waals surface area contributed by atoms with E-state index in [0.717, 1.165) is 42.7 Å². The number of aromatic nitrogens is 5. The molecule has 128 valence electrons. The van der Waals surface area contributed by atoms with Crippen molar-refractivity contribution in [3.63, 3.8) is 0 Å². The SMILES string of the molecule is Cn1ccc(C(=O)NC2CCN(c3ncnc4cnccc34)CC2)n1. The van der Waals surface area contributed by atoms with Crippen LogP contribution in [0.3, 0.4) is 0 Å². The summed E-state index contributed by atoms with van der Waals surface area (Å²) >= 11 is 0. The van der Waals surface area contributed by atoms with E-state index in [1.54, 1.807) is 42.7 Å². The lowest BCUT2D eigenvalue weighted by Crippen LogP contribution is -2.45. The van der Waals surface area contributed by atoms with Crippen LogP contribution in [0.2, 0.25) is 0 Å². The van der Waals surface area contributed by atoms with Gasteiger partial charge in [0.05, 0.1) is 11.7 Å². The average molecular weight is 337 g/mol. The average Bonchev–Trinajstić information content (AvgIpc) is 3.08. The van der Waals surface area contributed by atoms with Gasteiger partial charge in [0, 0.05) is 44.0 Å². The van der Waals surface area contributed by atoms with Crippen LogP contribution in [0.25, 0.3) is 10.9 Å². The third-order valence-corrected chi connectivity index (χ3v) is 4.49. The summed E-state index contributed by atoms with van der Waals surface area (Å²) in [6, 6.07) is 3.83. The van der Waals surface area contributed by atoms with Gasteiger partial charge in [0.15, 0.2) is 0 Å². The topological polar surface area (TPSA) is 88.8 Å². The lowest BCUT2D eigenvalue weighted by molar-refractivity contribution is 0.0925. The largest absolute Gasteiger partial charge is 0.356 e. The summed E-state index contributed by atoms with van der Waals surface area (Å²) in [5, 5.41) is 8.23. The Kier molecular flexibility index (Phi) is 4.01. The van der Waals surface area contributed by atoms with Gasteiger partial charge in [0.25, 0.3) is 5.91 Å². The molecule has 1 aliphatic rings. The summed E-state index contributed by atoms with van der Waals surface area (Å²) in [4.78, 5) is 27.3. The Hall–Kier alpha value is -3.03. The van der Waals surface area contributed by atoms with E-state index in [-0.39, 0.29) is 11.9 Å². The molecule has 25 heavy (non-hydrogen) atoms. The number of carbonyl (C=O) groups excluding carboxylic acids is 1. The Morgan fingerprint density at radius 3 is 2.84 bits per heavy atom. The molecule has 8 heteroatoms. The molecule has 4 heterocycles. The Morgan fingerprint density at radius 1 is 1.24 bits per heavy atom. The zero-order valence-electron chi connectivity index (χ0n) is 14.0. The summed E-state index contributed by atoms with van der Waals surface area (Å²) < 4.78 is 1.63. The molecule has 0 unspecified atom stereocenters. The van der Waals surface area contributed by atoms with E-state index in [4.69, 9.17) is 0 Å². The van der Waals surface area contributed by atoms with Gasteiger partial charge in [-0.2, -0.15) is 5.10 Å². The minimum atomic E-state index is -0.113. The van der Waals surface area contributed by atoms with Crippen molar-refractivity contribution in [2.75, 3.05) is 18.0 Å². The molecule has 0 spiro atoms. The Labute approximate surface area is 144 Å². The molecule has 0 radical (unpaired) electrons. The second-order valence-electron chi connectivity index (χ2n) is 6.20. The summed E-state index contributed by atoms with van der Waals surface area (Å²) in [5.41, 5.74) is 1.30. The number of pyridine rings is 1. The predicted molar refractivity (Wildman–Crippen MR) is 93.2 cm³/mol. The van der Waals surface area contributed by atoms with Crippen molar-refractivity contribution in [2.24, 2.45) is 7.05 Å². The second-order valence-corrected chi connectivity index (χ2v) is 6.20. The molecule has 3 aromatic heterocycles. The van der Waals surface area contributed by atoms with Crippen LogP contribution in [0.4, 0.5) is 5.82 Å². The number of carbonyl (C=O) groups is 1. The van der Waals surface area contributed by atoms with E-state index in [0.29, 0.717) is 5.69 Å². The predicted octanol–water partition coefficient (Wildman–Crippen LogP) is 1.16. The van der Waals surface area contributed by atoms with Gasteiger partial charge in [0.1, 0.15) is 17.8 Å². The van der Waals surface area contributed by atoms with Crippen molar-refractivity contribution in [1.29, 1.82) is 0 Å². The quantitative estimate of drug-likeness (QED) is 0.771. The first-order valence-corrected chi connectivity index (χ1v) is 8.31. The number of rotatable bonds is 3. The van der Waals surface area contributed by atoms with Gasteiger partial charge in [0.2, 0.25) is 0 Å². The van der Waals surface area contributed by atoms with Gasteiger partial charge in [-0.05, 0) is 25.0 Å². The maximum Gasteiger partial charge on any atom is 0.271 e. The summed E-state index contributed by atoms with van der Waals surface area (Å²) in [7, 11) is 1.80. The number of fused-ring (bicyclic) bond motifs is 1. The number of hydrogen-bond donors (Lipinski definition) is 1. The minimum Gasteiger partial charge on any atom is -0.356 e. The highest BCUT2D eigenvalue weighted by atomic mass is 16.2. The zero-order valence-corrected chi connectivity index (χ0v) is 14.0. The third kappa shape index (κ3) is 3.15. The van der Waals surface area contributed by atoms with Crippen molar-refractivity contribution in [2.45, 2.75) is 18.9 Å². The van der Waals surface area contributed by atoms with Gasteiger partial charge in [-0.3, -0.25) is 14.5 Å². The van der Waals surface area contributed by atoms with Crippen LogP contribution >= 0.6 is 0 Å². The highest BCUT2D eigenvalue weighted by Gasteiger charge is 2.23. The number of anilines is 1. The first-order valence-electron chi connectivity index (χ1n) is 8.31. The maximum atomic E-state index is 12.2. The molecule has 1 N–H and O–H groups in total. The molecule has 0 aliphatic carbocycles. The molecule has 1 fully saturated rings. The van der Waals surface area contributed by atoms with Crippen LogP contribution in [0.5, 0.6) is 0 Å². The second kappa shape index (κ2) is 6.46. The minimum absolute atomic E-state index is 0.113. The molecule has 8 nitrogen and oxygen atoms in total. The number of nitrogens with one attached hydrogen (secondary N) is 1. The van der Waals surface area contributed by atoms with Gasteiger partial charge in [-0.15, -0.1) is 0 Å². The lowest BCUT2D eigenvalue weighted by atomic mass is 10.0. The van der Waals surface area contributed by atoms with Crippen LogP contribution in [-0.2, 0) is 7.05 Å². The molecule has 1 saturated heterocycles. The van der Waals surface area contributed by atoms with Crippen LogP contribution in [0.15, 0.2) is 37.1 Å². The maximum absolute atomic E-state index is 12.2. The fourth-order valence-electron chi connectivity index (χ4n) is 3.18. The first-order chi connectivity index (χ1) is 12.2. The number of nitrogens with zero attached hydrogens (tertiary/aromatic N) is 6. The molecule has 1 aliphatic heterocycles. The highest BCUT2D eigenvalue weighted by Crippen LogP contribution is 2.24. The first kappa shape index (κ1) is 15.5. The summed E-state index contributed by atoms with van der Waals surface area (Å²) in [6.45, 7) is 1.67. The monoisotopic (exact) mass is 337 g/mol. The number of aryl methyl sites for hydroxylation is 1. The molecule has 0 aromatic carbocycles. The summed E-state index contributed by atoms with van der Waals surface area (Å²) in [5.74, 6) is 0.819. The lowest BCUT2D eigenvalue weighted by Gasteiger charge is -2.33. The Balaban J connectivity index is 1.42. The molecular formula is C17H19N7O. The van der Waals surface area contributed by atoms with E-state index < -0.39 is 0 Å². The Morgan fingerprint density at radius 2 is 2.08 bits per heavy atom.